The number of benzene rings is 2. The SMILES string of the molecule is CC(C)(c1ccc(O)cc1)c1ccc([N+](=O)[O-])cc1. The average Bonchev–Trinajstić information content (AvgIpc) is 2.39. The summed E-state index contributed by atoms with van der Waals surface area (Å²) in [7, 11) is 0. The van der Waals surface area contributed by atoms with Crippen LogP contribution in [0.4, 0.5) is 5.69 Å². The Hall–Kier alpha value is -2.36. The summed E-state index contributed by atoms with van der Waals surface area (Å²) >= 11 is 0. The quantitative estimate of drug-likeness (QED) is 0.674. The molecular formula is C15H15NO3. The van der Waals surface area contributed by atoms with Crippen LogP contribution < -0.4 is 0 Å². The number of rotatable bonds is 3. The molecule has 0 saturated carbocycles. The molecule has 4 nitrogen and oxygen atoms in total. The molecule has 0 saturated heterocycles. The smallest absolute Gasteiger partial charge is 0.269 e. The first-order valence-electron chi connectivity index (χ1n) is 5.96. The normalized spacial score (nSPS) is 11.3. The van der Waals surface area contributed by atoms with Crippen molar-refractivity contribution in [3.05, 3.63) is 69.8 Å². The van der Waals surface area contributed by atoms with Crippen molar-refractivity contribution < 1.29 is 10.0 Å². The van der Waals surface area contributed by atoms with Gasteiger partial charge in [0.1, 0.15) is 5.75 Å². The Kier molecular flexibility index (Phi) is 3.25. The lowest BCUT2D eigenvalue weighted by Crippen LogP contribution is -2.18. The van der Waals surface area contributed by atoms with Crippen LogP contribution in [0.1, 0.15) is 25.0 Å². The summed E-state index contributed by atoms with van der Waals surface area (Å²) in [6.07, 6.45) is 0. The molecule has 0 unspecified atom stereocenters. The van der Waals surface area contributed by atoms with Crippen molar-refractivity contribution in [1.29, 1.82) is 0 Å². The number of hydrogen-bond donors (Lipinski definition) is 1. The molecule has 19 heavy (non-hydrogen) atoms. The molecule has 2 rings (SSSR count). The Labute approximate surface area is 111 Å². The minimum Gasteiger partial charge on any atom is -0.508 e. The third-order valence-electron chi connectivity index (χ3n) is 3.39. The van der Waals surface area contributed by atoms with Crippen LogP contribution in [0.25, 0.3) is 0 Å². The van der Waals surface area contributed by atoms with Crippen LogP contribution in [0.3, 0.4) is 0 Å². The summed E-state index contributed by atoms with van der Waals surface area (Å²) in [6.45, 7) is 4.08. The number of nitro groups is 1. The first-order chi connectivity index (χ1) is 8.91. The Bertz CT molecular complexity index is 586. The molecule has 0 aliphatic carbocycles. The van der Waals surface area contributed by atoms with Gasteiger partial charge < -0.3 is 5.11 Å². The van der Waals surface area contributed by atoms with Crippen LogP contribution in [-0.2, 0) is 5.41 Å². The predicted molar refractivity (Wildman–Crippen MR) is 73.3 cm³/mol. The number of phenolic OH excluding ortho intramolecular Hbond substituents is 1. The van der Waals surface area contributed by atoms with Crippen molar-refractivity contribution in [3.63, 3.8) is 0 Å². The molecular weight excluding hydrogens is 242 g/mol. The third kappa shape index (κ3) is 2.57. The Morgan fingerprint density at radius 3 is 1.79 bits per heavy atom. The number of non-ortho nitro benzene ring substituents is 1. The molecule has 2 aromatic rings. The zero-order valence-electron chi connectivity index (χ0n) is 10.8. The second kappa shape index (κ2) is 4.72. The molecule has 0 atom stereocenters. The summed E-state index contributed by atoms with van der Waals surface area (Å²) in [5.74, 6) is 0.225. The van der Waals surface area contributed by atoms with E-state index in [0.717, 1.165) is 11.1 Å². The van der Waals surface area contributed by atoms with Crippen LogP contribution in [0.15, 0.2) is 48.5 Å². The van der Waals surface area contributed by atoms with Gasteiger partial charge in [0.15, 0.2) is 0 Å². The van der Waals surface area contributed by atoms with Gasteiger partial charge in [0.25, 0.3) is 5.69 Å². The van der Waals surface area contributed by atoms with E-state index in [1.165, 1.54) is 12.1 Å². The fourth-order valence-electron chi connectivity index (χ4n) is 2.04. The average molecular weight is 257 g/mol. The van der Waals surface area contributed by atoms with Crippen molar-refractivity contribution in [2.75, 3.05) is 0 Å². The van der Waals surface area contributed by atoms with Crippen molar-refractivity contribution in [2.24, 2.45) is 0 Å². The topological polar surface area (TPSA) is 63.4 Å². The van der Waals surface area contributed by atoms with Gasteiger partial charge in [0, 0.05) is 17.5 Å². The van der Waals surface area contributed by atoms with Gasteiger partial charge in [-0.15, -0.1) is 0 Å². The van der Waals surface area contributed by atoms with E-state index < -0.39 is 4.92 Å². The minimum absolute atomic E-state index is 0.0882. The van der Waals surface area contributed by atoms with Crippen molar-refractivity contribution in [3.8, 4) is 5.75 Å². The van der Waals surface area contributed by atoms with E-state index in [0.29, 0.717) is 0 Å². The first-order valence-corrected chi connectivity index (χ1v) is 5.96. The standard InChI is InChI=1S/C15H15NO3/c1-15(2,12-5-9-14(17)10-6-12)11-3-7-13(8-4-11)16(18)19/h3-10,17H,1-2H3. The Morgan fingerprint density at radius 1 is 0.947 bits per heavy atom. The maximum absolute atomic E-state index is 10.6. The van der Waals surface area contributed by atoms with E-state index >= 15 is 0 Å². The maximum Gasteiger partial charge on any atom is 0.269 e. The van der Waals surface area contributed by atoms with E-state index in [4.69, 9.17) is 0 Å². The zero-order valence-corrected chi connectivity index (χ0v) is 10.8. The molecule has 0 amide bonds. The zero-order chi connectivity index (χ0) is 14.0. The number of aromatic hydroxyl groups is 1. The van der Waals surface area contributed by atoms with Gasteiger partial charge in [-0.3, -0.25) is 10.1 Å². The summed E-state index contributed by atoms with van der Waals surface area (Å²) in [5.41, 5.74) is 1.84. The molecule has 4 heteroatoms. The third-order valence-corrected chi connectivity index (χ3v) is 3.39. The summed E-state index contributed by atoms with van der Waals surface area (Å²) < 4.78 is 0. The van der Waals surface area contributed by atoms with Gasteiger partial charge in [0.2, 0.25) is 0 Å². The molecule has 0 heterocycles. The fraction of sp³-hybridized carbons (Fsp3) is 0.200. The molecule has 0 aromatic heterocycles. The maximum atomic E-state index is 10.6. The van der Waals surface area contributed by atoms with E-state index in [1.54, 1.807) is 24.3 Å². The predicted octanol–water partition coefficient (Wildman–Crippen LogP) is 3.63. The number of nitrogens with zero attached hydrogens (tertiary/aromatic N) is 1. The summed E-state index contributed by atoms with van der Waals surface area (Å²) in [5, 5.41) is 20.0. The molecule has 0 aliphatic rings. The number of hydrogen-bond acceptors (Lipinski definition) is 3. The molecule has 0 spiro atoms. The molecule has 2 aromatic carbocycles. The Balaban J connectivity index is 2.38. The summed E-state index contributed by atoms with van der Waals surface area (Å²) in [4.78, 5) is 10.2. The first kappa shape index (κ1) is 13.1. The minimum atomic E-state index is -0.405. The molecule has 0 fully saturated rings. The van der Waals surface area contributed by atoms with Gasteiger partial charge in [0.05, 0.1) is 4.92 Å². The van der Waals surface area contributed by atoms with Gasteiger partial charge in [-0.05, 0) is 23.3 Å². The van der Waals surface area contributed by atoms with Crippen LogP contribution in [-0.4, -0.2) is 10.0 Å². The molecule has 1 N–H and O–H groups in total. The molecule has 0 bridgehead atoms. The van der Waals surface area contributed by atoms with Crippen LogP contribution >= 0.6 is 0 Å². The van der Waals surface area contributed by atoms with E-state index in [2.05, 4.69) is 0 Å². The second-order valence-electron chi connectivity index (χ2n) is 4.98. The lowest BCUT2D eigenvalue weighted by atomic mass is 9.78. The number of phenols is 1. The van der Waals surface area contributed by atoms with Gasteiger partial charge in [-0.2, -0.15) is 0 Å². The molecule has 98 valence electrons. The Morgan fingerprint density at radius 2 is 1.37 bits per heavy atom. The highest BCUT2D eigenvalue weighted by atomic mass is 16.6. The van der Waals surface area contributed by atoms with Gasteiger partial charge in [-0.25, -0.2) is 0 Å². The van der Waals surface area contributed by atoms with E-state index in [1.807, 2.05) is 26.0 Å². The highest BCUT2D eigenvalue weighted by molar-refractivity contribution is 5.43. The van der Waals surface area contributed by atoms with Crippen molar-refractivity contribution in [1.82, 2.24) is 0 Å². The van der Waals surface area contributed by atoms with Gasteiger partial charge in [-0.1, -0.05) is 38.1 Å². The van der Waals surface area contributed by atoms with E-state index in [-0.39, 0.29) is 16.9 Å². The monoisotopic (exact) mass is 257 g/mol. The van der Waals surface area contributed by atoms with E-state index in [9.17, 15) is 15.2 Å². The molecule has 0 radical (unpaired) electrons. The van der Waals surface area contributed by atoms with Gasteiger partial charge >= 0.3 is 0 Å². The number of nitro benzene ring substituents is 1. The largest absolute Gasteiger partial charge is 0.508 e. The fourth-order valence-corrected chi connectivity index (χ4v) is 2.04. The highest BCUT2D eigenvalue weighted by Crippen LogP contribution is 2.33. The van der Waals surface area contributed by atoms with Crippen LogP contribution in [0.5, 0.6) is 5.75 Å². The van der Waals surface area contributed by atoms with Crippen LogP contribution in [0.2, 0.25) is 0 Å². The lowest BCUT2D eigenvalue weighted by molar-refractivity contribution is -0.384. The second-order valence-corrected chi connectivity index (χ2v) is 4.98. The lowest BCUT2D eigenvalue weighted by Gasteiger charge is -2.26. The molecule has 0 aliphatic heterocycles. The van der Waals surface area contributed by atoms with Crippen molar-refractivity contribution >= 4 is 5.69 Å². The van der Waals surface area contributed by atoms with Crippen LogP contribution in [0, 0.1) is 10.1 Å². The highest BCUT2D eigenvalue weighted by Gasteiger charge is 2.23. The van der Waals surface area contributed by atoms with Crippen molar-refractivity contribution in [2.45, 2.75) is 19.3 Å². The summed E-state index contributed by atoms with van der Waals surface area (Å²) in [6, 6.07) is 13.6.